The van der Waals surface area contributed by atoms with E-state index in [9.17, 15) is 0 Å². The van der Waals surface area contributed by atoms with Gasteiger partial charge in [-0.25, -0.2) is 0 Å². The Kier molecular flexibility index (Phi) is 9.63. The van der Waals surface area contributed by atoms with Crippen LogP contribution in [0, 0.1) is 0 Å². The first-order chi connectivity index (χ1) is 28.3. The minimum Gasteiger partial charge on any atom is -0.310 e. The fraction of sp³-hybridized carbons (Fsp3) is 0.107. The molecule has 0 bridgehead atoms. The van der Waals surface area contributed by atoms with E-state index in [2.05, 4.69) is 256 Å². The Balaban J connectivity index is 1.42. The molecule has 9 aromatic carbocycles. The molecule has 0 saturated heterocycles. The molecule has 0 aliphatic heterocycles. The Morgan fingerprint density at radius 3 is 0.793 bits per heavy atom. The Hall–Kier alpha value is -6.90. The van der Waals surface area contributed by atoms with Crippen LogP contribution < -0.4 is 9.80 Å². The van der Waals surface area contributed by atoms with Gasteiger partial charge in [-0.3, -0.25) is 0 Å². The number of rotatable bonds is 10. The molecule has 282 valence electrons. The summed E-state index contributed by atoms with van der Waals surface area (Å²) in [5, 5.41) is 5.03. The van der Waals surface area contributed by atoms with Gasteiger partial charge in [-0.2, -0.15) is 0 Å². The predicted molar refractivity (Wildman–Crippen MR) is 248 cm³/mol. The molecule has 0 N–H and O–H groups in total. The Labute approximate surface area is 343 Å². The number of hydrogen-bond acceptors (Lipinski definition) is 2. The number of nitrogens with zero attached hydrogens (tertiary/aromatic N) is 2. The van der Waals surface area contributed by atoms with Crippen LogP contribution in [0.15, 0.2) is 218 Å². The molecule has 0 radical (unpaired) electrons. The lowest BCUT2D eigenvalue weighted by Gasteiger charge is -2.36. The van der Waals surface area contributed by atoms with Crippen LogP contribution in [0.1, 0.15) is 49.9 Å². The first-order valence-electron chi connectivity index (χ1n) is 20.3. The average molecular weight is 749 g/mol. The van der Waals surface area contributed by atoms with Crippen molar-refractivity contribution >= 4 is 55.7 Å². The molecule has 2 nitrogen and oxygen atoms in total. The maximum atomic E-state index is 2.45. The Bertz CT molecular complexity index is 2520. The summed E-state index contributed by atoms with van der Waals surface area (Å²) in [5.74, 6) is 0. The van der Waals surface area contributed by atoms with Crippen LogP contribution in [0.3, 0.4) is 0 Å². The zero-order chi connectivity index (χ0) is 39.7. The van der Waals surface area contributed by atoms with Crippen LogP contribution in [0.4, 0.5) is 34.1 Å². The molecule has 0 atom stereocenters. The molecule has 0 heterocycles. The third-order valence-electron chi connectivity index (χ3n) is 11.9. The lowest BCUT2D eigenvalue weighted by atomic mass is 9.69. The van der Waals surface area contributed by atoms with E-state index in [4.69, 9.17) is 0 Å². The van der Waals surface area contributed by atoms with Gasteiger partial charge in [0.2, 0.25) is 0 Å². The molecule has 0 aliphatic rings. The Morgan fingerprint density at radius 2 is 0.517 bits per heavy atom. The summed E-state index contributed by atoms with van der Waals surface area (Å²) in [6.07, 6.45) is 0. The molecule has 2 heteroatoms. The van der Waals surface area contributed by atoms with Crippen LogP contribution in [0.2, 0.25) is 0 Å². The highest BCUT2D eigenvalue weighted by molar-refractivity contribution is 6.10. The van der Waals surface area contributed by atoms with E-state index in [-0.39, 0.29) is 10.8 Å². The van der Waals surface area contributed by atoms with Gasteiger partial charge in [0.25, 0.3) is 0 Å². The van der Waals surface area contributed by atoms with Crippen molar-refractivity contribution < 1.29 is 0 Å². The topological polar surface area (TPSA) is 6.48 Å². The van der Waals surface area contributed by atoms with Crippen molar-refractivity contribution in [3.8, 4) is 0 Å². The minimum atomic E-state index is -0.351. The number of fused-ring (bicyclic) bond motifs is 2. The van der Waals surface area contributed by atoms with E-state index < -0.39 is 0 Å². The van der Waals surface area contributed by atoms with E-state index in [0.29, 0.717) is 0 Å². The van der Waals surface area contributed by atoms with Crippen LogP contribution in [0.5, 0.6) is 0 Å². The standard InChI is InChI=1S/C56H48N2/c1-55(2,41-23-11-5-12-24-41)53-49-37-35-48(58(45-31-19-9-20-32-45)46-33-21-10-22-34-46)40-52(49)54(56(3,4)42-25-13-6-14-26-42)50-38-36-47(39-51(50)53)57(43-27-15-7-16-28-43)44-29-17-8-18-30-44/h5-40H,1-4H3. The summed E-state index contributed by atoms with van der Waals surface area (Å²) >= 11 is 0. The maximum Gasteiger partial charge on any atom is 0.0468 e. The number of anilines is 6. The van der Waals surface area contributed by atoms with E-state index in [1.54, 1.807) is 0 Å². The predicted octanol–water partition coefficient (Wildman–Crippen LogP) is 15.6. The normalized spacial score (nSPS) is 11.8. The van der Waals surface area contributed by atoms with Crippen molar-refractivity contribution in [3.63, 3.8) is 0 Å². The first-order valence-corrected chi connectivity index (χ1v) is 20.3. The van der Waals surface area contributed by atoms with Gasteiger partial charge in [-0.1, -0.05) is 173 Å². The summed E-state index contributed by atoms with van der Waals surface area (Å²) in [5.41, 5.74) is 11.2. The molecule has 0 amide bonds. The van der Waals surface area contributed by atoms with Crippen molar-refractivity contribution in [3.05, 3.63) is 241 Å². The molecule has 9 aromatic rings. The van der Waals surface area contributed by atoms with E-state index in [1.807, 2.05) is 0 Å². The summed E-state index contributed by atoms with van der Waals surface area (Å²) in [7, 11) is 0. The molecule has 0 spiro atoms. The van der Waals surface area contributed by atoms with Gasteiger partial charge < -0.3 is 9.80 Å². The lowest BCUT2D eigenvalue weighted by molar-refractivity contribution is 0.644. The van der Waals surface area contributed by atoms with E-state index >= 15 is 0 Å². The van der Waals surface area contributed by atoms with E-state index in [1.165, 1.54) is 43.8 Å². The second-order valence-corrected chi connectivity index (χ2v) is 16.2. The highest BCUT2D eigenvalue weighted by atomic mass is 15.1. The van der Waals surface area contributed by atoms with Gasteiger partial charge in [-0.05, 0) is 117 Å². The molecular formula is C56H48N2. The molecule has 0 aliphatic carbocycles. The van der Waals surface area contributed by atoms with Gasteiger partial charge >= 0.3 is 0 Å². The van der Waals surface area contributed by atoms with Gasteiger partial charge in [0, 0.05) is 45.0 Å². The lowest BCUT2D eigenvalue weighted by Crippen LogP contribution is -2.24. The van der Waals surface area contributed by atoms with Crippen molar-refractivity contribution in [2.45, 2.75) is 38.5 Å². The third kappa shape index (κ3) is 6.61. The SMILES string of the molecule is CC(C)(c1ccccc1)c1c2ccc(N(c3ccccc3)c3ccccc3)cc2c(C(C)(C)c2ccccc2)c2ccc(N(c3ccccc3)c3ccccc3)cc12. The van der Waals surface area contributed by atoms with Crippen molar-refractivity contribution in [1.82, 2.24) is 0 Å². The van der Waals surface area contributed by atoms with Crippen molar-refractivity contribution in [1.29, 1.82) is 0 Å². The molecule has 9 rings (SSSR count). The summed E-state index contributed by atoms with van der Waals surface area (Å²) in [6.45, 7) is 9.58. The number of para-hydroxylation sites is 4. The van der Waals surface area contributed by atoms with Gasteiger partial charge in [0.05, 0.1) is 0 Å². The fourth-order valence-electron chi connectivity index (χ4n) is 9.03. The van der Waals surface area contributed by atoms with Gasteiger partial charge in [0.1, 0.15) is 0 Å². The van der Waals surface area contributed by atoms with Crippen LogP contribution in [-0.4, -0.2) is 0 Å². The average Bonchev–Trinajstić information content (AvgIpc) is 3.27. The summed E-state index contributed by atoms with van der Waals surface area (Å²) in [4.78, 5) is 4.76. The van der Waals surface area contributed by atoms with Crippen LogP contribution >= 0.6 is 0 Å². The molecule has 0 fully saturated rings. The summed E-state index contributed by atoms with van der Waals surface area (Å²) in [6, 6.07) is 79.3. The maximum absolute atomic E-state index is 2.45. The third-order valence-corrected chi connectivity index (χ3v) is 11.9. The van der Waals surface area contributed by atoms with E-state index in [0.717, 1.165) is 34.1 Å². The largest absolute Gasteiger partial charge is 0.310 e. The zero-order valence-corrected chi connectivity index (χ0v) is 33.7. The van der Waals surface area contributed by atoms with Crippen LogP contribution in [0.25, 0.3) is 21.5 Å². The molecule has 0 saturated carbocycles. The molecular weight excluding hydrogens is 701 g/mol. The quantitative estimate of drug-likeness (QED) is 0.129. The van der Waals surface area contributed by atoms with Gasteiger partial charge in [-0.15, -0.1) is 0 Å². The van der Waals surface area contributed by atoms with Gasteiger partial charge in [0.15, 0.2) is 0 Å². The van der Waals surface area contributed by atoms with Crippen LogP contribution in [-0.2, 0) is 10.8 Å². The van der Waals surface area contributed by atoms with Crippen molar-refractivity contribution in [2.75, 3.05) is 9.80 Å². The minimum absolute atomic E-state index is 0.351. The second-order valence-electron chi connectivity index (χ2n) is 16.2. The summed E-state index contributed by atoms with van der Waals surface area (Å²) < 4.78 is 0. The van der Waals surface area contributed by atoms with Crippen molar-refractivity contribution in [2.24, 2.45) is 0 Å². The zero-order valence-electron chi connectivity index (χ0n) is 33.7. The number of hydrogen-bond donors (Lipinski definition) is 0. The first kappa shape index (κ1) is 36.7. The highest BCUT2D eigenvalue weighted by Gasteiger charge is 2.34. The smallest absolute Gasteiger partial charge is 0.0468 e. The number of benzene rings is 9. The molecule has 0 aromatic heterocycles. The molecule has 58 heavy (non-hydrogen) atoms. The Morgan fingerprint density at radius 1 is 0.259 bits per heavy atom. The monoisotopic (exact) mass is 748 g/mol. The highest BCUT2D eigenvalue weighted by Crippen LogP contribution is 2.50. The fourth-order valence-corrected chi connectivity index (χ4v) is 9.03. The second kappa shape index (κ2) is 15.2. The molecule has 0 unspecified atom stereocenters.